The van der Waals surface area contributed by atoms with Gasteiger partial charge in [-0.3, -0.25) is 9.69 Å². The van der Waals surface area contributed by atoms with E-state index in [9.17, 15) is 4.79 Å². The van der Waals surface area contributed by atoms with Crippen molar-refractivity contribution in [3.8, 4) is 11.5 Å². The molecule has 1 fully saturated rings. The van der Waals surface area contributed by atoms with Crippen LogP contribution in [-0.2, 0) is 16.0 Å². The quantitative estimate of drug-likeness (QED) is 0.790. The first kappa shape index (κ1) is 18.3. The van der Waals surface area contributed by atoms with Gasteiger partial charge >= 0.3 is 0 Å². The Hall–Kier alpha value is -2.09. The van der Waals surface area contributed by atoms with Gasteiger partial charge < -0.3 is 19.5 Å². The zero-order valence-electron chi connectivity index (χ0n) is 15.2. The zero-order valence-corrected chi connectivity index (χ0v) is 16.0. The summed E-state index contributed by atoms with van der Waals surface area (Å²) in [5.74, 6) is 1.64. The molecule has 1 amide bonds. The van der Waals surface area contributed by atoms with Crippen molar-refractivity contribution in [1.82, 2.24) is 10.2 Å². The number of ether oxygens (including phenoxy) is 3. The first-order valence-corrected chi connectivity index (χ1v) is 10.2. The number of rotatable bonds is 7. The van der Waals surface area contributed by atoms with E-state index in [4.69, 9.17) is 14.2 Å². The molecule has 2 aliphatic rings. The third kappa shape index (κ3) is 4.61. The summed E-state index contributed by atoms with van der Waals surface area (Å²) in [5, 5.41) is 5.16. The van der Waals surface area contributed by atoms with Gasteiger partial charge in [-0.1, -0.05) is 12.1 Å². The number of benzene rings is 1. The lowest BCUT2D eigenvalue weighted by molar-refractivity contribution is -0.121. The van der Waals surface area contributed by atoms with Crippen LogP contribution in [0, 0.1) is 0 Å². The van der Waals surface area contributed by atoms with Crippen LogP contribution in [0.3, 0.4) is 0 Å². The number of amides is 1. The summed E-state index contributed by atoms with van der Waals surface area (Å²) in [6.45, 7) is 3.97. The second-order valence-electron chi connectivity index (χ2n) is 6.66. The van der Waals surface area contributed by atoms with Crippen molar-refractivity contribution in [3.05, 3.63) is 46.2 Å². The van der Waals surface area contributed by atoms with Gasteiger partial charge in [0.05, 0.1) is 19.3 Å². The van der Waals surface area contributed by atoms with Crippen molar-refractivity contribution in [3.63, 3.8) is 0 Å². The molecule has 27 heavy (non-hydrogen) atoms. The maximum absolute atomic E-state index is 12.3. The van der Waals surface area contributed by atoms with Crippen LogP contribution in [0.4, 0.5) is 0 Å². The number of carbonyl (C=O) groups excluding carboxylic acids is 1. The van der Waals surface area contributed by atoms with Gasteiger partial charge in [-0.05, 0) is 35.6 Å². The number of aryl methyl sites for hydroxylation is 1. The predicted molar refractivity (Wildman–Crippen MR) is 103 cm³/mol. The standard InChI is InChI=1S/C20H24N2O4S/c23-20(6-4-16-2-1-11-27-16)21-13-17(22-7-9-24-10-8-22)15-3-5-18-19(12-15)26-14-25-18/h1-3,5,11-12,17H,4,6-10,13-14H2,(H,21,23). The fraction of sp³-hybridized carbons (Fsp3) is 0.450. The normalized spacial score (nSPS) is 17.6. The average molecular weight is 388 g/mol. The van der Waals surface area contributed by atoms with Crippen LogP contribution in [0.5, 0.6) is 11.5 Å². The summed E-state index contributed by atoms with van der Waals surface area (Å²) in [5.41, 5.74) is 1.12. The third-order valence-electron chi connectivity index (χ3n) is 4.94. The van der Waals surface area contributed by atoms with Gasteiger partial charge in [-0.2, -0.15) is 0 Å². The van der Waals surface area contributed by atoms with Crippen LogP contribution in [0.15, 0.2) is 35.7 Å². The predicted octanol–water partition coefficient (Wildman–Crippen LogP) is 2.60. The monoisotopic (exact) mass is 388 g/mol. The highest BCUT2D eigenvalue weighted by atomic mass is 32.1. The van der Waals surface area contributed by atoms with Crippen molar-refractivity contribution in [2.24, 2.45) is 0 Å². The molecule has 0 radical (unpaired) electrons. The van der Waals surface area contributed by atoms with E-state index in [1.165, 1.54) is 4.88 Å². The highest BCUT2D eigenvalue weighted by Crippen LogP contribution is 2.35. The Labute approximate surface area is 163 Å². The maximum Gasteiger partial charge on any atom is 0.231 e. The zero-order chi connectivity index (χ0) is 18.5. The topological polar surface area (TPSA) is 60.0 Å². The molecule has 144 valence electrons. The molecule has 3 heterocycles. The smallest absolute Gasteiger partial charge is 0.231 e. The van der Waals surface area contributed by atoms with Crippen LogP contribution < -0.4 is 14.8 Å². The van der Waals surface area contributed by atoms with Gasteiger partial charge in [-0.25, -0.2) is 0 Å². The van der Waals surface area contributed by atoms with Crippen LogP contribution in [-0.4, -0.2) is 50.4 Å². The summed E-state index contributed by atoms with van der Waals surface area (Å²) >= 11 is 1.69. The SMILES string of the molecule is O=C(CCc1cccs1)NCC(c1ccc2c(c1)OCO2)N1CCOCC1. The summed E-state index contributed by atoms with van der Waals surface area (Å²) in [6.07, 6.45) is 1.30. The summed E-state index contributed by atoms with van der Waals surface area (Å²) in [4.78, 5) is 16.0. The maximum atomic E-state index is 12.3. The summed E-state index contributed by atoms with van der Waals surface area (Å²) < 4.78 is 16.4. The van der Waals surface area contributed by atoms with Crippen molar-refractivity contribution in [1.29, 1.82) is 0 Å². The molecule has 6 nitrogen and oxygen atoms in total. The highest BCUT2D eigenvalue weighted by Gasteiger charge is 2.25. The largest absolute Gasteiger partial charge is 0.454 e. The Bertz CT molecular complexity index is 759. The number of nitrogens with zero attached hydrogens (tertiary/aromatic N) is 1. The van der Waals surface area contributed by atoms with E-state index >= 15 is 0 Å². The summed E-state index contributed by atoms with van der Waals surface area (Å²) in [7, 11) is 0. The van der Waals surface area contributed by atoms with Crippen molar-refractivity contribution in [2.75, 3.05) is 39.6 Å². The molecule has 1 atom stereocenters. The van der Waals surface area contributed by atoms with Crippen LogP contribution in [0.2, 0.25) is 0 Å². The number of hydrogen-bond acceptors (Lipinski definition) is 6. The Morgan fingerprint density at radius 2 is 2.04 bits per heavy atom. The first-order chi connectivity index (χ1) is 13.3. The van der Waals surface area contributed by atoms with E-state index in [1.54, 1.807) is 11.3 Å². The molecule has 2 aromatic rings. The molecule has 1 unspecified atom stereocenters. The van der Waals surface area contributed by atoms with E-state index in [0.29, 0.717) is 26.2 Å². The van der Waals surface area contributed by atoms with Gasteiger partial charge in [0.15, 0.2) is 11.5 Å². The fourth-order valence-electron chi connectivity index (χ4n) is 3.46. The van der Waals surface area contributed by atoms with E-state index < -0.39 is 0 Å². The Kier molecular flexibility index (Phi) is 5.91. The molecule has 0 aliphatic carbocycles. The lowest BCUT2D eigenvalue weighted by Crippen LogP contribution is -2.43. The van der Waals surface area contributed by atoms with E-state index in [0.717, 1.165) is 36.6 Å². The van der Waals surface area contributed by atoms with Crippen molar-refractivity contribution in [2.45, 2.75) is 18.9 Å². The van der Waals surface area contributed by atoms with E-state index in [2.05, 4.69) is 22.3 Å². The Morgan fingerprint density at radius 3 is 2.85 bits per heavy atom. The molecule has 0 bridgehead atoms. The first-order valence-electron chi connectivity index (χ1n) is 9.30. The second kappa shape index (κ2) is 8.73. The van der Waals surface area contributed by atoms with Gasteiger partial charge in [-0.15, -0.1) is 11.3 Å². The number of carbonyl (C=O) groups is 1. The molecule has 0 saturated carbocycles. The van der Waals surface area contributed by atoms with Crippen molar-refractivity contribution >= 4 is 17.2 Å². The van der Waals surface area contributed by atoms with E-state index in [1.807, 2.05) is 23.6 Å². The molecule has 1 aromatic carbocycles. The molecule has 1 aromatic heterocycles. The molecule has 7 heteroatoms. The third-order valence-corrected chi connectivity index (χ3v) is 5.88. The van der Waals surface area contributed by atoms with Gasteiger partial charge in [0, 0.05) is 30.9 Å². The van der Waals surface area contributed by atoms with E-state index in [-0.39, 0.29) is 18.7 Å². The number of morpholine rings is 1. The highest BCUT2D eigenvalue weighted by molar-refractivity contribution is 7.09. The molecular weight excluding hydrogens is 364 g/mol. The molecule has 4 rings (SSSR count). The van der Waals surface area contributed by atoms with Gasteiger partial charge in [0.25, 0.3) is 0 Å². The lowest BCUT2D eigenvalue weighted by Gasteiger charge is -2.35. The minimum atomic E-state index is 0.0856. The molecule has 2 aliphatic heterocycles. The van der Waals surface area contributed by atoms with Crippen molar-refractivity contribution < 1.29 is 19.0 Å². The number of nitrogens with one attached hydrogen (secondary N) is 1. The molecular formula is C20H24N2O4S. The van der Waals surface area contributed by atoms with Crippen LogP contribution in [0.25, 0.3) is 0 Å². The van der Waals surface area contributed by atoms with Crippen LogP contribution in [0.1, 0.15) is 22.9 Å². The Morgan fingerprint density at radius 1 is 1.19 bits per heavy atom. The van der Waals surface area contributed by atoms with Crippen LogP contribution >= 0.6 is 11.3 Å². The average Bonchev–Trinajstić information content (AvgIpc) is 3.39. The second-order valence-corrected chi connectivity index (χ2v) is 7.69. The molecule has 1 saturated heterocycles. The minimum Gasteiger partial charge on any atom is -0.454 e. The summed E-state index contributed by atoms with van der Waals surface area (Å²) in [6, 6.07) is 10.2. The lowest BCUT2D eigenvalue weighted by atomic mass is 10.0. The number of fused-ring (bicyclic) bond motifs is 1. The Balaban J connectivity index is 1.41. The van der Waals surface area contributed by atoms with Gasteiger partial charge in [0.2, 0.25) is 12.7 Å². The number of thiophene rings is 1. The molecule has 0 spiro atoms. The number of hydrogen-bond donors (Lipinski definition) is 1. The van der Waals surface area contributed by atoms with Gasteiger partial charge in [0.1, 0.15) is 0 Å². The molecule has 1 N–H and O–H groups in total. The fourth-order valence-corrected chi connectivity index (χ4v) is 4.17. The minimum absolute atomic E-state index is 0.0856.